The first-order chi connectivity index (χ1) is 8.20. The van der Waals surface area contributed by atoms with Crippen molar-refractivity contribution in [1.82, 2.24) is 0 Å². The van der Waals surface area contributed by atoms with Gasteiger partial charge >= 0.3 is 5.97 Å². The van der Waals surface area contributed by atoms with E-state index in [1.807, 2.05) is 0 Å². The maximum atomic E-state index is 11.6. The minimum atomic E-state index is -0.387. The van der Waals surface area contributed by atoms with Crippen LogP contribution in [0.4, 0.5) is 0 Å². The van der Waals surface area contributed by atoms with Crippen LogP contribution in [0.5, 0.6) is 5.75 Å². The average molecular weight is 232 g/mol. The standard InChI is InChI=1S/C13H12O4/c1-16-13(15)7-2-3-11-9(4-7)12-8(6-17-11)5-10(12)14/h2-4,8,12H,5-6H2,1H3/t8-,12-/m0/s1. The highest BCUT2D eigenvalue weighted by molar-refractivity contribution is 5.95. The van der Waals surface area contributed by atoms with Crippen LogP contribution < -0.4 is 4.74 Å². The Hall–Kier alpha value is -1.84. The molecular formula is C13H12O4. The number of hydrogen-bond acceptors (Lipinski definition) is 4. The molecule has 1 aromatic carbocycles. The molecule has 0 unspecified atom stereocenters. The largest absolute Gasteiger partial charge is 0.493 e. The zero-order valence-corrected chi connectivity index (χ0v) is 9.43. The van der Waals surface area contributed by atoms with Crippen molar-refractivity contribution in [1.29, 1.82) is 0 Å². The maximum absolute atomic E-state index is 11.6. The first-order valence-corrected chi connectivity index (χ1v) is 5.58. The molecule has 0 N–H and O–H groups in total. The molecule has 2 atom stereocenters. The van der Waals surface area contributed by atoms with Gasteiger partial charge in [0.25, 0.3) is 0 Å². The van der Waals surface area contributed by atoms with Crippen molar-refractivity contribution in [3.63, 3.8) is 0 Å². The van der Waals surface area contributed by atoms with Crippen LogP contribution in [0.3, 0.4) is 0 Å². The summed E-state index contributed by atoms with van der Waals surface area (Å²) in [6.07, 6.45) is 0.590. The molecule has 4 heteroatoms. The van der Waals surface area contributed by atoms with Gasteiger partial charge in [-0.25, -0.2) is 4.79 Å². The Kier molecular flexibility index (Phi) is 2.18. The van der Waals surface area contributed by atoms with Crippen molar-refractivity contribution in [2.24, 2.45) is 5.92 Å². The first kappa shape index (κ1) is 10.3. The van der Waals surface area contributed by atoms with E-state index in [2.05, 4.69) is 4.74 Å². The van der Waals surface area contributed by atoms with Crippen molar-refractivity contribution in [3.8, 4) is 5.75 Å². The van der Waals surface area contributed by atoms with Gasteiger partial charge in [-0.1, -0.05) is 0 Å². The van der Waals surface area contributed by atoms with Crippen LogP contribution in [-0.2, 0) is 9.53 Å². The maximum Gasteiger partial charge on any atom is 0.337 e. The van der Waals surface area contributed by atoms with Crippen molar-refractivity contribution in [3.05, 3.63) is 29.3 Å². The molecule has 1 aliphatic heterocycles. The summed E-state index contributed by atoms with van der Waals surface area (Å²) in [4.78, 5) is 23.0. The van der Waals surface area contributed by atoms with Gasteiger partial charge < -0.3 is 9.47 Å². The molecule has 17 heavy (non-hydrogen) atoms. The second-order valence-corrected chi connectivity index (χ2v) is 4.46. The van der Waals surface area contributed by atoms with E-state index in [-0.39, 0.29) is 23.6 Å². The molecule has 0 aromatic heterocycles. The first-order valence-electron chi connectivity index (χ1n) is 5.58. The minimum Gasteiger partial charge on any atom is -0.493 e. The van der Waals surface area contributed by atoms with E-state index in [1.165, 1.54) is 7.11 Å². The lowest BCUT2D eigenvalue weighted by atomic mass is 9.67. The van der Waals surface area contributed by atoms with E-state index in [0.29, 0.717) is 24.3 Å². The van der Waals surface area contributed by atoms with Gasteiger partial charge in [0.05, 0.1) is 25.2 Å². The highest BCUT2D eigenvalue weighted by Gasteiger charge is 2.45. The summed E-state index contributed by atoms with van der Waals surface area (Å²) >= 11 is 0. The van der Waals surface area contributed by atoms with Crippen LogP contribution in [0.2, 0.25) is 0 Å². The molecule has 0 bridgehead atoms. The van der Waals surface area contributed by atoms with Crippen molar-refractivity contribution in [2.45, 2.75) is 12.3 Å². The van der Waals surface area contributed by atoms with E-state index in [9.17, 15) is 9.59 Å². The summed E-state index contributed by atoms with van der Waals surface area (Å²) < 4.78 is 10.2. The van der Waals surface area contributed by atoms with Gasteiger partial charge in [-0.05, 0) is 18.2 Å². The summed E-state index contributed by atoms with van der Waals surface area (Å²) in [6.45, 7) is 0.598. The molecule has 1 aromatic rings. The average Bonchev–Trinajstić information content (AvgIpc) is 2.34. The smallest absolute Gasteiger partial charge is 0.337 e. The van der Waals surface area contributed by atoms with Crippen molar-refractivity contribution < 1.29 is 19.1 Å². The van der Waals surface area contributed by atoms with Gasteiger partial charge in [0, 0.05) is 17.9 Å². The predicted molar refractivity (Wildman–Crippen MR) is 59.1 cm³/mol. The van der Waals surface area contributed by atoms with Crippen molar-refractivity contribution in [2.75, 3.05) is 13.7 Å². The van der Waals surface area contributed by atoms with E-state index in [0.717, 1.165) is 5.56 Å². The molecule has 0 amide bonds. The fourth-order valence-corrected chi connectivity index (χ4v) is 2.55. The third-order valence-corrected chi connectivity index (χ3v) is 3.50. The number of methoxy groups -OCH3 is 1. The van der Waals surface area contributed by atoms with E-state index >= 15 is 0 Å². The summed E-state index contributed by atoms with van der Waals surface area (Å²) in [6, 6.07) is 5.12. The Balaban J connectivity index is 2.03. The van der Waals surface area contributed by atoms with Crippen LogP contribution in [-0.4, -0.2) is 25.5 Å². The number of ether oxygens (including phenoxy) is 2. The lowest BCUT2D eigenvalue weighted by Gasteiger charge is -2.39. The molecule has 1 saturated carbocycles. The summed E-state index contributed by atoms with van der Waals surface area (Å²) in [5.74, 6) is 0.765. The topological polar surface area (TPSA) is 52.6 Å². The summed E-state index contributed by atoms with van der Waals surface area (Å²) in [5.41, 5.74) is 1.30. The number of carbonyl (C=O) groups is 2. The number of carbonyl (C=O) groups excluding carboxylic acids is 2. The number of rotatable bonds is 1. The Morgan fingerprint density at radius 1 is 1.47 bits per heavy atom. The molecule has 0 radical (unpaired) electrons. The molecule has 3 rings (SSSR count). The van der Waals surface area contributed by atoms with Crippen LogP contribution >= 0.6 is 0 Å². The van der Waals surface area contributed by atoms with Gasteiger partial charge in [0.2, 0.25) is 0 Å². The van der Waals surface area contributed by atoms with Crippen molar-refractivity contribution >= 4 is 11.8 Å². The highest BCUT2D eigenvalue weighted by Crippen LogP contribution is 2.46. The number of benzene rings is 1. The monoisotopic (exact) mass is 232 g/mol. The number of ketones is 1. The third kappa shape index (κ3) is 1.44. The Labute approximate surface area is 98.5 Å². The SMILES string of the molecule is COC(=O)c1ccc2c(c1)[C@H]1C(=O)C[C@H]1CO2. The molecule has 0 saturated heterocycles. The minimum absolute atomic E-state index is 0.0802. The van der Waals surface area contributed by atoms with Gasteiger partial charge in [-0.2, -0.15) is 0 Å². The molecule has 0 spiro atoms. The van der Waals surface area contributed by atoms with Crippen LogP contribution in [0.1, 0.15) is 28.3 Å². The molecule has 1 aliphatic carbocycles. The number of Topliss-reactive ketones (excluding diaryl/α,β-unsaturated/α-hetero) is 1. The van der Waals surface area contributed by atoms with Crippen LogP contribution in [0.25, 0.3) is 0 Å². The number of hydrogen-bond donors (Lipinski definition) is 0. The van der Waals surface area contributed by atoms with Gasteiger partial charge in [-0.15, -0.1) is 0 Å². The molecule has 4 nitrogen and oxygen atoms in total. The fourth-order valence-electron chi connectivity index (χ4n) is 2.55. The third-order valence-electron chi connectivity index (χ3n) is 3.50. The molecule has 88 valence electrons. The molecule has 1 fully saturated rings. The second-order valence-electron chi connectivity index (χ2n) is 4.46. The molecule has 1 heterocycles. The molecule has 2 aliphatic rings. The summed E-state index contributed by atoms with van der Waals surface area (Å²) in [5, 5.41) is 0. The Morgan fingerprint density at radius 2 is 2.29 bits per heavy atom. The molecular weight excluding hydrogens is 220 g/mol. The quantitative estimate of drug-likeness (QED) is 0.689. The van der Waals surface area contributed by atoms with Gasteiger partial charge in [0.15, 0.2) is 0 Å². The van der Waals surface area contributed by atoms with Gasteiger partial charge in [-0.3, -0.25) is 4.79 Å². The highest BCUT2D eigenvalue weighted by atomic mass is 16.5. The normalized spacial score (nSPS) is 25.1. The van der Waals surface area contributed by atoms with Gasteiger partial charge in [0.1, 0.15) is 11.5 Å². The van der Waals surface area contributed by atoms with Crippen LogP contribution in [0, 0.1) is 5.92 Å². The van der Waals surface area contributed by atoms with E-state index in [4.69, 9.17) is 4.74 Å². The zero-order chi connectivity index (χ0) is 12.0. The zero-order valence-electron chi connectivity index (χ0n) is 9.43. The number of fused-ring (bicyclic) bond motifs is 3. The summed E-state index contributed by atoms with van der Waals surface area (Å²) in [7, 11) is 1.34. The predicted octanol–water partition coefficient (Wildman–Crippen LogP) is 1.54. The fraction of sp³-hybridized carbons (Fsp3) is 0.385. The van der Waals surface area contributed by atoms with E-state index in [1.54, 1.807) is 18.2 Å². The van der Waals surface area contributed by atoms with Crippen LogP contribution in [0.15, 0.2) is 18.2 Å². The van der Waals surface area contributed by atoms with E-state index < -0.39 is 0 Å². The lowest BCUT2D eigenvalue weighted by molar-refractivity contribution is -0.131. The lowest BCUT2D eigenvalue weighted by Crippen LogP contribution is -2.41. The Morgan fingerprint density at radius 3 is 3.00 bits per heavy atom. The Bertz CT molecular complexity index is 506. The number of esters is 1. The second kappa shape index (κ2) is 3.58.